The fraction of sp³-hybridized carbons (Fsp3) is 0.333. The molecule has 1 heterocycles. The van der Waals surface area contributed by atoms with Crippen molar-refractivity contribution in [1.29, 1.82) is 0 Å². The van der Waals surface area contributed by atoms with Crippen molar-refractivity contribution >= 4 is 17.4 Å². The third-order valence-electron chi connectivity index (χ3n) is 2.94. The standard InChI is InChI=1S/C12H15N3O2/c13-9(12(14)17)7-15-6-5-11(16)8-3-1-2-4-10(8)15/h1-4,9H,5-7,13H2,(H2,14,17). The number of fused-ring (bicyclic) bond motifs is 1. The molecule has 5 nitrogen and oxygen atoms in total. The monoisotopic (exact) mass is 233 g/mol. The topological polar surface area (TPSA) is 89.4 Å². The summed E-state index contributed by atoms with van der Waals surface area (Å²) in [5.74, 6) is -0.399. The average molecular weight is 233 g/mol. The fourth-order valence-corrected chi connectivity index (χ4v) is 1.99. The zero-order chi connectivity index (χ0) is 12.4. The number of Topliss-reactive ketones (excluding diaryl/α,β-unsaturated/α-hetero) is 1. The molecule has 0 spiro atoms. The number of benzene rings is 1. The third-order valence-corrected chi connectivity index (χ3v) is 2.94. The summed E-state index contributed by atoms with van der Waals surface area (Å²) in [4.78, 5) is 24.6. The molecule has 17 heavy (non-hydrogen) atoms. The van der Waals surface area contributed by atoms with Crippen LogP contribution in [-0.2, 0) is 4.79 Å². The van der Waals surface area contributed by atoms with E-state index < -0.39 is 11.9 Å². The van der Waals surface area contributed by atoms with E-state index in [9.17, 15) is 9.59 Å². The Hall–Kier alpha value is -1.88. The summed E-state index contributed by atoms with van der Waals surface area (Å²) in [7, 11) is 0. The quantitative estimate of drug-likeness (QED) is 0.762. The van der Waals surface area contributed by atoms with Crippen LogP contribution in [0.15, 0.2) is 24.3 Å². The molecule has 2 rings (SSSR count). The van der Waals surface area contributed by atoms with Crippen LogP contribution in [0.25, 0.3) is 0 Å². The van der Waals surface area contributed by atoms with Crippen molar-refractivity contribution in [2.75, 3.05) is 18.0 Å². The maximum absolute atomic E-state index is 11.7. The summed E-state index contributed by atoms with van der Waals surface area (Å²) >= 11 is 0. The van der Waals surface area contributed by atoms with Crippen molar-refractivity contribution in [2.24, 2.45) is 11.5 Å². The van der Waals surface area contributed by atoms with Crippen LogP contribution >= 0.6 is 0 Å². The highest BCUT2D eigenvalue weighted by Crippen LogP contribution is 2.26. The number of rotatable bonds is 3. The van der Waals surface area contributed by atoms with Crippen LogP contribution in [0.5, 0.6) is 0 Å². The van der Waals surface area contributed by atoms with E-state index in [2.05, 4.69) is 0 Å². The van der Waals surface area contributed by atoms with E-state index in [1.165, 1.54) is 0 Å². The Labute approximate surface area is 99.4 Å². The summed E-state index contributed by atoms with van der Waals surface area (Å²) < 4.78 is 0. The molecule has 0 fully saturated rings. The number of hydrogen-bond acceptors (Lipinski definition) is 4. The second kappa shape index (κ2) is 4.55. The van der Waals surface area contributed by atoms with E-state index in [1.54, 1.807) is 6.07 Å². The number of ketones is 1. The van der Waals surface area contributed by atoms with E-state index >= 15 is 0 Å². The van der Waals surface area contributed by atoms with Gasteiger partial charge in [0.25, 0.3) is 0 Å². The molecule has 1 aliphatic heterocycles. The number of primary amides is 1. The SMILES string of the molecule is NC(=O)C(N)CN1CCC(=O)c2ccccc21. The smallest absolute Gasteiger partial charge is 0.236 e. The van der Waals surface area contributed by atoms with Crippen molar-refractivity contribution in [1.82, 2.24) is 0 Å². The predicted molar refractivity (Wildman–Crippen MR) is 64.8 cm³/mol. The number of hydrogen-bond donors (Lipinski definition) is 2. The van der Waals surface area contributed by atoms with Crippen LogP contribution in [0, 0.1) is 0 Å². The van der Waals surface area contributed by atoms with Crippen molar-refractivity contribution in [3.05, 3.63) is 29.8 Å². The van der Waals surface area contributed by atoms with Crippen molar-refractivity contribution in [3.8, 4) is 0 Å². The molecule has 0 bridgehead atoms. The highest BCUT2D eigenvalue weighted by molar-refractivity contribution is 6.03. The van der Waals surface area contributed by atoms with E-state index in [4.69, 9.17) is 11.5 Å². The molecule has 0 radical (unpaired) electrons. The Bertz CT molecular complexity index is 459. The number of carbonyl (C=O) groups excluding carboxylic acids is 2. The van der Waals surface area contributed by atoms with Gasteiger partial charge in [0.15, 0.2) is 5.78 Å². The van der Waals surface area contributed by atoms with Gasteiger partial charge in [0, 0.05) is 30.8 Å². The minimum absolute atomic E-state index is 0.129. The van der Waals surface area contributed by atoms with E-state index in [0.29, 0.717) is 25.1 Å². The van der Waals surface area contributed by atoms with Gasteiger partial charge < -0.3 is 16.4 Å². The average Bonchev–Trinajstić information content (AvgIpc) is 2.33. The molecular formula is C12H15N3O2. The lowest BCUT2D eigenvalue weighted by atomic mass is 10.00. The van der Waals surface area contributed by atoms with Crippen LogP contribution in [0.1, 0.15) is 16.8 Å². The van der Waals surface area contributed by atoms with E-state index in [1.807, 2.05) is 23.1 Å². The molecule has 5 heteroatoms. The number of amides is 1. The van der Waals surface area contributed by atoms with Crippen LogP contribution in [0.3, 0.4) is 0 Å². The van der Waals surface area contributed by atoms with Gasteiger partial charge in [-0.3, -0.25) is 9.59 Å². The van der Waals surface area contributed by atoms with Gasteiger partial charge in [-0.15, -0.1) is 0 Å². The number of carbonyl (C=O) groups is 2. The second-order valence-electron chi connectivity index (χ2n) is 4.15. The Kier molecular flexibility index (Phi) is 3.10. The number of nitrogens with zero attached hydrogens (tertiary/aromatic N) is 1. The Morgan fingerprint density at radius 2 is 2.12 bits per heavy atom. The molecule has 90 valence electrons. The lowest BCUT2D eigenvalue weighted by Gasteiger charge is -2.31. The van der Waals surface area contributed by atoms with Crippen molar-refractivity contribution in [3.63, 3.8) is 0 Å². The molecular weight excluding hydrogens is 218 g/mol. The first-order chi connectivity index (χ1) is 8.09. The number of para-hydroxylation sites is 1. The van der Waals surface area contributed by atoms with Gasteiger partial charge in [-0.05, 0) is 12.1 Å². The first kappa shape index (κ1) is 11.6. The minimum Gasteiger partial charge on any atom is -0.368 e. The van der Waals surface area contributed by atoms with E-state index in [0.717, 1.165) is 5.69 Å². The predicted octanol–water partition coefficient (Wildman–Crippen LogP) is -0.108. The summed E-state index contributed by atoms with van der Waals surface area (Å²) in [6.07, 6.45) is 0.447. The Morgan fingerprint density at radius 3 is 2.82 bits per heavy atom. The van der Waals surface area contributed by atoms with Gasteiger partial charge in [-0.2, -0.15) is 0 Å². The molecule has 0 aliphatic carbocycles. The molecule has 0 saturated heterocycles. The van der Waals surface area contributed by atoms with Crippen LogP contribution in [0.2, 0.25) is 0 Å². The minimum atomic E-state index is -0.712. The fourth-order valence-electron chi connectivity index (χ4n) is 1.99. The largest absolute Gasteiger partial charge is 0.368 e. The molecule has 1 aliphatic rings. The molecule has 4 N–H and O–H groups in total. The number of nitrogens with two attached hydrogens (primary N) is 2. The lowest BCUT2D eigenvalue weighted by molar-refractivity contribution is -0.119. The number of anilines is 1. The zero-order valence-corrected chi connectivity index (χ0v) is 9.43. The Morgan fingerprint density at radius 1 is 1.41 bits per heavy atom. The summed E-state index contributed by atoms with van der Waals surface area (Å²) in [6.45, 7) is 0.927. The van der Waals surface area contributed by atoms with Gasteiger partial charge >= 0.3 is 0 Å². The summed E-state index contributed by atoms with van der Waals surface area (Å²) in [5, 5.41) is 0. The maximum Gasteiger partial charge on any atom is 0.236 e. The first-order valence-electron chi connectivity index (χ1n) is 5.51. The molecule has 1 unspecified atom stereocenters. The molecule has 1 amide bonds. The van der Waals surface area contributed by atoms with Gasteiger partial charge in [-0.1, -0.05) is 12.1 Å². The molecule has 0 aromatic heterocycles. The lowest BCUT2D eigenvalue weighted by Crippen LogP contribution is -2.47. The molecule has 0 saturated carbocycles. The summed E-state index contributed by atoms with van der Waals surface area (Å²) in [5.41, 5.74) is 12.3. The van der Waals surface area contributed by atoms with Crippen molar-refractivity contribution in [2.45, 2.75) is 12.5 Å². The van der Waals surface area contributed by atoms with Gasteiger partial charge in [0.2, 0.25) is 5.91 Å². The summed E-state index contributed by atoms with van der Waals surface area (Å²) in [6, 6.07) is 6.63. The van der Waals surface area contributed by atoms with E-state index in [-0.39, 0.29) is 5.78 Å². The van der Waals surface area contributed by atoms with Crippen LogP contribution in [0.4, 0.5) is 5.69 Å². The Balaban J connectivity index is 2.24. The highest BCUT2D eigenvalue weighted by atomic mass is 16.1. The zero-order valence-electron chi connectivity index (χ0n) is 9.43. The maximum atomic E-state index is 11.7. The molecule has 1 aromatic carbocycles. The molecule has 1 atom stereocenters. The van der Waals surface area contributed by atoms with Crippen molar-refractivity contribution < 1.29 is 9.59 Å². The molecule has 1 aromatic rings. The highest BCUT2D eigenvalue weighted by Gasteiger charge is 2.24. The van der Waals surface area contributed by atoms with Crippen LogP contribution in [-0.4, -0.2) is 30.8 Å². The first-order valence-corrected chi connectivity index (χ1v) is 5.51. The van der Waals surface area contributed by atoms with Gasteiger partial charge in [0.1, 0.15) is 6.04 Å². The van der Waals surface area contributed by atoms with Gasteiger partial charge in [-0.25, -0.2) is 0 Å². The normalized spacial score (nSPS) is 16.5. The second-order valence-corrected chi connectivity index (χ2v) is 4.15. The third kappa shape index (κ3) is 2.29. The van der Waals surface area contributed by atoms with Gasteiger partial charge in [0.05, 0.1) is 0 Å². The van der Waals surface area contributed by atoms with Crippen LogP contribution < -0.4 is 16.4 Å².